The molecule has 0 spiro atoms. The van der Waals surface area contributed by atoms with E-state index in [9.17, 15) is 4.79 Å². The number of carbonyl (C=O) groups excluding carboxylic acids is 1. The molecule has 0 fully saturated rings. The minimum Gasteiger partial charge on any atom is -0.392 e. The van der Waals surface area contributed by atoms with Crippen LogP contribution in [0.4, 0.5) is 0 Å². The lowest BCUT2D eigenvalue weighted by Gasteiger charge is -2.04. The molecule has 10 heavy (non-hydrogen) atoms. The lowest BCUT2D eigenvalue weighted by atomic mass is 10.2. The summed E-state index contributed by atoms with van der Waals surface area (Å²) in [5.74, 6) is -0.470. The van der Waals surface area contributed by atoms with E-state index in [1.54, 1.807) is 0 Å². The first-order valence-electron chi connectivity index (χ1n) is 3.05. The monoisotopic (exact) mass is 164 g/mol. The third-order valence-electron chi connectivity index (χ3n) is 1.11. The second-order valence-corrected chi connectivity index (χ2v) is 3.27. The van der Waals surface area contributed by atoms with Crippen LogP contribution in [0.3, 0.4) is 0 Å². The number of hydrogen-bond donors (Lipinski definition) is 3. The van der Waals surface area contributed by atoms with Crippen molar-refractivity contribution >= 4 is 14.5 Å². The fourth-order valence-corrected chi connectivity index (χ4v) is 1.15. The van der Waals surface area contributed by atoms with Gasteiger partial charge < -0.3 is 16.6 Å². The molecule has 1 amide bonds. The number of hydrogen-bond acceptors (Lipinski definition) is 3. The van der Waals surface area contributed by atoms with Gasteiger partial charge in [-0.1, -0.05) is 8.58 Å². The zero-order chi connectivity index (χ0) is 7.98. The van der Waals surface area contributed by atoms with Crippen LogP contribution in [0.2, 0.25) is 0 Å². The second-order valence-electron chi connectivity index (χ2n) is 1.96. The van der Waals surface area contributed by atoms with Gasteiger partial charge in [0.15, 0.2) is 0 Å². The highest BCUT2D eigenvalue weighted by atomic mass is 31.1. The molecule has 60 valence electrons. The average Bonchev–Trinajstić information content (AvgIpc) is 1.88. The molecule has 0 aromatic carbocycles. The standard InChI is InChI=1S/C5H13N2O2P/c6-4(5(7)9)1-2-10-3-8/h4,8,10H,1-3,6H2,(H2,7,9). The molecule has 0 saturated heterocycles. The van der Waals surface area contributed by atoms with Crippen molar-refractivity contribution in [2.75, 3.05) is 12.5 Å². The van der Waals surface area contributed by atoms with Crippen LogP contribution in [0.15, 0.2) is 0 Å². The summed E-state index contributed by atoms with van der Waals surface area (Å²) in [7, 11) is 0.468. The number of aliphatic hydroxyl groups is 1. The number of primary amides is 1. The third-order valence-corrected chi connectivity index (χ3v) is 1.98. The summed E-state index contributed by atoms with van der Waals surface area (Å²) in [5, 5.41) is 8.37. The Hall–Kier alpha value is -0.180. The summed E-state index contributed by atoms with van der Waals surface area (Å²) in [6.45, 7) is 0. The molecule has 2 unspecified atom stereocenters. The van der Waals surface area contributed by atoms with Crippen molar-refractivity contribution < 1.29 is 9.90 Å². The van der Waals surface area contributed by atoms with E-state index in [0.29, 0.717) is 15.0 Å². The Labute approximate surface area is 61.7 Å². The van der Waals surface area contributed by atoms with Crippen molar-refractivity contribution in [3.05, 3.63) is 0 Å². The highest BCUT2D eigenvalue weighted by molar-refractivity contribution is 7.37. The van der Waals surface area contributed by atoms with Crippen molar-refractivity contribution in [3.8, 4) is 0 Å². The summed E-state index contributed by atoms with van der Waals surface area (Å²) in [6, 6.07) is -0.543. The Kier molecular flexibility index (Phi) is 5.49. The van der Waals surface area contributed by atoms with Crippen LogP contribution >= 0.6 is 8.58 Å². The molecular formula is C5H13N2O2P. The maximum atomic E-state index is 10.3. The first-order chi connectivity index (χ1) is 4.68. The molecule has 4 nitrogen and oxygen atoms in total. The predicted octanol–water partition coefficient (Wildman–Crippen LogP) is -1.18. The Morgan fingerprint density at radius 3 is 2.70 bits per heavy atom. The van der Waals surface area contributed by atoms with Gasteiger partial charge in [-0.3, -0.25) is 4.79 Å². The summed E-state index contributed by atoms with van der Waals surface area (Å²) in [6.07, 6.45) is 1.53. The quantitative estimate of drug-likeness (QED) is 0.353. The minimum atomic E-state index is -0.543. The van der Waals surface area contributed by atoms with Gasteiger partial charge in [0.25, 0.3) is 0 Å². The third kappa shape index (κ3) is 4.68. The van der Waals surface area contributed by atoms with Crippen LogP contribution in [0.25, 0.3) is 0 Å². The van der Waals surface area contributed by atoms with Gasteiger partial charge in [-0.05, 0) is 12.6 Å². The number of rotatable bonds is 5. The molecule has 5 N–H and O–H groups in total. The molecule has 2 atom stereocenters. The smallest absolute Gasteiger partial charge is 0.234 e. The molecule has 0 bridgehead atoms. The van der Waals surface area contributed by atoms with Crippen LogP contribution < -0.4 is 11.5 Å². The van der Waals surface area contributed by atoms with Gasteiger partial charge in [0, 0.05) is 0 Å². The van der Waals surface area contributed by atoms with E-state index in [0.717, 1.165) is 6.16 Å². The van der Waals surface area contributed by atoms with E-state index in [2.05, 4.69) is 0 Å². The zero-order valence-corrected chi connectivity index (χ0v) is 6.71. The fourth-order valence-electron chi connectivity index (χ4n) is 0.479. The van der Waals surface area contributed by atoms with Crippen molar-refractivity contribution in [3.63, 3.8) is 0 Å². The predicted molar refractivity (Wildman–Crippen MR) is 42.1 cm³/mol. The van der Waals surface area contributed by atoms with Gasteiger partial charge in [-0.25, -0.2) is 0 Å². The zero-order valence-electron chi connectivity index (χ0n) is 5.71. The lowest BCUT2D eigenvalue weighted by molar-refractivity contribution is -0.119. The van der Waals surface area contributed by atoms with Crippen LogP contribution in [-0.4, -0.2) is 29.6 Å². The molecule has 0 aliphatic carbocycles. The number of aliphatic hydroxyl groups excluding tert-OH is 1. The number of nitrogens with two attached hydrogens (primary N) is 2. The van der Waals surface area contributed by atoms with Crippen LogP contribution in [0.1, 0.15) is 6.42 Å². The first-order valence-corrected chi connectivity index (χ1v) is 4.46. The Morgan fingerprint density at radius 1 is 1.70 bits per heavy atom. The summed E-state index contributed by atoms with van der Waals surface area (Å²) in [5.41, 5.74) is 10.2. The maximum absolute atomic E-state index is 10.3. The van der Waals surface area contributed by atoms with Crippen LogP contribution in [0.5, 0.6) is 0 Å². The van der Waals surface area contributed by atoms with Crippen molar-refractivity contribution in [2.24, 2.45) is 11.5 Å². The van der Waals surface area contributed by atoms with Crippen molar-refractivity contribution in [1.82, 2.24) is 0 Å². The highest BCUT2D eigenvalue weighted by Crippen LogP contribution is 2.08. The summed E-state index contributed by atoms with van der Waals surface area (Å²) >= 11 is 0. The lowest BCUT2D eigenvalue weighted by Crippen LogP contribution is -2.36. The molecule has 0 aliphatic heterocycles. The van der Waals surface area contributed by atoms with Gasteiger partial charge >= 0.3 is 0 Å². The van der Waals surface area contributed by atoms with E-state index in [-0.39, 0.29) is 6.35 Å². The molecule has 5 heteroatoms. The minimum absolute atomic E-state index is 0.172. The average molecular weight is 164 g/mol. The molecule has 0 radical (unpaired) electrons. The number of amides is 1. The Balaban J connectivity index is 3.21. The normalized spacial score (nSPS) is 14.2. The van der Waals surface area contributed by atoms with Gasteiger partial charge in [0.05, 0.1) is 12.4 Å². The van der Waals surface area contributed by atoms with E-state index >= 15 is 0 Å². The maximum Gasteiger partial charge on any atom is 0.234 e. The molecule has 0 aromatic rings. The summed E-state index contributed by atoms with van der Waals surface area (Å²) < 4.78 is 0. The van der Waals surface area contributed by atoms with E-state index in [1.165, 1.54) is 0 Å². The highest BCUT2D eigenvalue weighted by Gasteiger charge is 2.06. The molecule has 0 aliphatic rings. The van der Waals surface area contributed by atoms with E-state index < -0.39 is 11.9 Å². The molecular weight excluding hydrogens is 151 g/mol. The number of carbonyl (C=O) groups is 1. The SMILES string of the molecule is NC(=O)C(N)CCPCO. The molecule has 0 saturated carbocycles. The topological polar surface area (TPSA) is 89.3 Å². The molecule has 0 rings (SSSR count). The van der Waals surface area contributed by atoms with Crippen molar-refractivity contribution in [1.29, 1.82) is 0 Å². The van der Waals surface area contributed by atoms with Gasteiger partial charge in [0.1, 0.15) is 0 Å². The summed E-state index contributed by atoms with van der Waals surface area (Å²) in [4.78, 5) is 10.3. The Morgan fingerprint density at radius 2 is 2.30 bits per heavy atom. The van der Waals surface area contributed by atoms with Gasteiger partial charge in [-0.2, -0.15) is 0 Å². The molecule has 0 aromatic heterocycles. The Bertz CT molecular complexity index is 110. The largest absolute Gasteiger partial charge is 0.392 e. The van der Waals surface area contributed by atoms with E-state index in [1.807, 2.05) is 0 Å². The second kappa shape index (κ2) is 5.59. The van der Waals surface area contributed by atoms with Gasteiger partial charge in [-0.15, -0.1) is 0 Å². The van der Waals surface area contributed by atoms with Crippen LogP contribution in [-0.2, 0) is 4.79 Å². The van der Waals surface area contributed by atoms with Gasteiger partial charge in [0.2, 0.25) is 5.91 Å². The first kappa shape index (κ1) is 9.82. The van der Waals surface area contributed by atoms with E-state index in [4.69, 9.17) is 16.6 Å². The van der Waals surface area contributed by atoms with Crippen LogP contribution in [0, 0.1) is 0 Å². The van der Waals surface area contributed by atoms with Crippen molar-refractivity contribution in [2.45, 2.75) is 12.5 Å². The fraction of sp³-hybridized carbons (Fsp3) is 0.800. The molecule has 0 heterocycles.